The molecular weight excluding hydrogens is 339 g/mol. The number of likely N-dealkylation sites (tertiary alicyclic amines) is 1. The van der Waals surface area contributed by atoms with Gasteiger partial charge in [0.15, 0.2) is 0 Å². The van der Waals surface area contributed by atoms with Gasteiger partial charge in [0.25, 0.3) is 5.91 Å². The predicted molar refractivity (Wildman–Crippen MR) is 80.3 cm³/mol. The maximum Gasteiger partial charge on any atom is 0.433 e. The highest BCUT2D eigenvalue weighted by molar-refractivity contribution is 5.96. The molecule has 0 bridgehead atoms. The van der Waals surface area contributed by atoms with Crippen molar-refractivity contribution in [3.8, 4) is 11.8 Å². The van der Waals surface area contributed by atoms with Gasteiger partial charge in [-0.2, -0.15) is 13.2 Å². The number of halogens is 3. The Labute approximate surface area is 141 Å². The van der Waals surface area contributed by atoms with E-state index in [0.29, 0.717) is 5.56 Å². The van der Waals surface area contributed by atoms with Crippen molar-refractivity contribution in [1.29, 1.82) is 0 Å². The number of pyridine rings is 2. The minimum atomic E-state index is -4.53. The van der Waals surface area contributed by atoms with Crippen molar-refractivity contribution in [1.82, 2.24) is 14.9 Å². The Morgan fingerprint density at radius 2 is 2.00 bits per heavy atom. The van der Waals surface area contributed by atoms with E-state index in [9.17, 15) is 18.0 Å². The SMILES string of the molecule is COc1ncccc1C(=O)N1CC(Oc2cccc(C(F)(F)F)n2)C1. The van der Waals surface area contributed by atoms with Gasteiger partial charge in [-0.25, -0.2) is 9.97 Å². The molecule has 2 aromatic rings. The summed E-state index contributed by atoms with van der Waals surface area (Å²) in [4.78, 5) is 21.3. The molecule has 0 N–H and O–H groups in total. The minimum Gasteiger partial charge on any atom is -0.480 e. The third-order valence-electron chi connectivity index (χ3n) is 3.63. The van der Waals surface area contributed by atoms with Crippen molar-refractivity contribution in [3.63, 3.8) is 0 Å². The fraction of sp³-hybridized carbons (Fsp3) is 0.312. The van der Waals surface area contributed by atoms with Gasteiger partial charge in [-0.1, -0.05) is 6.07 Å². The van der Waals surface area contributed by atoms with E-state index < -0.39 is 18.0 Å². The molecule has 0 spiro atoms. The van der Waals surface area contributed by atoms with Crippen LogP contribution in [0.4, 0.5) is 13.2 Å². The van der Waals surface area contributed by atoms with Crippen molar-refractivity contribution in [2.75, 3.05) is 20.2 Å². The van der Waals surface area contributed by atoms with E-state index in [1.165, 1.54) is 30.3 Å². The van der Waals surface area contributed by atoms with Crippen LogP contribution in [-0.4, -0.2) is 47.1 Å². The van der Waals surface area contributed by atoms with Crippen molar-refractivity contribution < 1.29 is 27.4 Å². The first kappa shape index (κ1) is 17.0. The van der Waals surface area contributed by atoms with Gasteiger partial charge < -0.3 is 14.4 Å². The number of rotatable bonds is 4. The summed E-state index contributed by atoms with van der Waals surface area (Å²) in [6.07, 6.45) is -3.43. The van der Waals surface area contributed by atoms with Crippen LogP contribution in [0, 0.1) is 0 Å². The quantitative estimate of drug-likeness (QED) is 0.845. The fourth-order valence-corrected chi connectivity index (χ4v) is 2.37. The van der Waals surface area contributed by atoms with Gasteiger partial charge in [0.1, 0.15) is 17.4 Å². The molecule has 0 radical (unpaired) electrons. The van der Waals surface area contributed by atoms with Crippen LogP contribution in [0.5, 0.6) is 11.8 Å². The predicted octanol–water partition coefficient (Wildman–Crippen LogP) is 2.41. The number of nitrogens with zero attached hydrogens (tertiary/aromatic N) is 3. The third kappa shape index (κ3) is 3.65. The number of carbonyl (C=O) groups is 1. The fourth-order valence-electron chi connectivity index (χ4n) is 2.37. The molecule has 0 unspecified atom stereocenters. The first-order valence-electron chi connectivity index (χ1n) is 7.37. The van der Waals surface area contributed by atoms with E-state index in [1.54, 1.807) is 12.1 Å². The van der Waals surface area contributed by atoms with Crippen molar-refractivity contribution >= 4 is 5.91 Å². The molecule has 1 amide bonds. The third-order valence-corrected chi connectivity index (χ3v) is 3.63. The maximum absolute atomic E-state index is 12.6. The lowest BCUT2D eigenvalue weighted by molar-refractivity contribution is -0.141. The van der Waals surface area contributed by atoms with Crippen molar-refractivity contribution in [3.05, 3.63) is 47.8 Å². The normalized spacial score (nSPS) is 14.8. The van der Waals surface area contributed by atoms with Gasteiger partial charge in [0.05, 0.1) is 20.2 Å². The molecule has 3 rings (SSSR count). The van der Waals surface area contributed by atoms with E-state index in [0.717, 1.165) is 6.07 Å². The average molecular weight is 353 g/mol. The van der Waals surface area contributed by atoms with Gasteiger partial charge >= 0.3 is 6.18 Å². The summed E-state index contributed by atoms with van der Waals surface area (Å²) < 4.78 is 48.4. The van der Waals surface area contributed by atoms with Gasteiger partial charge in [0.2, 0.25) is 11.8 Å². The van der Waals surface area contributed by atoms with E-state index in [4.69, 9.17) is 9.47 Å². The van der Waals surface area contributed by atoms with E-state index in [2.05, 4.69) is 9.97 Å². The molecule has 1 fully saturated rings. The lowest BCUT2D eigenvalue weighted by Crippen LogP contribution is -2.56. The van der Waals surface area contributed by atoms with Crippen LogP contribution in [0.1, 0.15) is 16.1 Å². The van der Waals surface area contributed by atoms with Gasteiger partial charge in [-0.3, -0.25) is 4.79 Å². The van der Waals surface area contributed by atoms with Gasteiger partial charge in [-0.15, -0.1) is 0 Å². The van der Waals surface area contributed by atoms with Gasteiger partial charge in [0, 0.05) is 12.3 Å². The first-order chi connectivity index (χ1) is 11.9. The first-order valence-corrected chi connectivity index (χ1v) is 7.37. The Morgan fingerprint density at radius 3 is 2.68 bits per heavy atom. The standard InChI is InChI=1S/C16H14F3N3O3/c1-24-14-11(4-3-7-20-14)15(23)22-8-10(9-22)25-13-6-2-5-12(21-13)16(17,18)19/h2-7,10H,8-9H2,1H3. The zero-order valence-corrected chi connectivity index (χ0v) is 13.2. The molecule has 0 atom stereocenters. The number of alkyl halides is 3. The number of aromatic nitrogens is 2. The van der Waals surface area contributed by atoms with E-state index in [-0.39, 0.29) is 30.8 Å². The number of hydrogen-bond donors (Lipinski definition) is 0. The highest BCUT2D eigenvalue weighted by Gasteiger charge is 2.36. The molecule has 1 saturated heterocycles. The van der Waals surface area contributed by atoms with Crippen LogP contribution in [0.25, 0.3) is 0 Å². The molecule has 6 nitrogen and oxygen atoms in total. The molecule has 0 saturated carbocycles. The summed E-state index contributed by atoms with van der Waals surface area (Å²) in [6.45, 7) is 0.490. The Morgan fingerprint density at radius 1 is 1.24 bits per heavy atom. The monoisotopic (exact) mass is 353 g/mol. The Kier molecular flexibility index (Phi) is 4.47. The topological polar surface area (TPSA) is 64.5 Å². The van der Waals surface area contributed by atoms with Crippen molar-refractivity contribution in [2.45, 2.75) is 12.3 Å². The summed E-state index contributed by atoms with van der Waals surface area (Å²) in [5.74, 6) is -0.177. The highest BCUT2D eigenvalue weighted by Crippen LogP contribution is 2.29. The molecule has 1 aliphatic rings. The molecule has 2 aromatic heterocycles. The van der Waals surface area contributed by atoms with Crippen LogP contribution in [0.15, 0.2) is 36.5 Å². The van der Waals surface area contributed by atoms with Crippen LogP contribution in [0.3, 0.4) is 0 Å². The summed E-state index contributed by atoms with van der Waals surface area (Å²) in [7, 11) is 1.42. The maximum atomic E-state index is 12.6. The molecule has 9 heteroatoms. The van der Waals surface area contributed by atoms with Crippen LogP contribution in [0.2, 0.25) is 0 Å². The number of carbonyl (C=O) groups excluding carboxylic acids is 1. The summed E-state index contributed by atoms with van der Waals surface area (Å²) in [5.41, 5.74) is -0.696. The van der Waals surface area contributed by atoms with Crippen LogP contribution < -0.4 is 9.47 Å². The Bertz CT molecular complexity index is 776. The summed E-state index contributed by atoms with van der Waals surface area (Å²) in [6, 6.07) is 6.67. The lowest BCUT2D eigenvalue weighted by atomic mass is 10.1. The molecule has 0 aliphatic carbocycles. The van der Waals surface area contributed by atoms with Crippen molar-refractivity contribution in [2.24, 2.45) is 0 Å². The Hall–Kier alpha value is -2.84. The smallest absolute Gasteiger partial charge is 0.433 e. The highest BCUT2D eigenvalue weighted by atomic mass is 19.4. The summed E-state index contributed by atoms with van der Waals surface area (Å²) >= 11 is 0. The number of hydrogen-bond acceptors (Lipinski definition) is 5. The number of amides is 1. The number of methoxy groups -OCH3 is 1. The molecule has 0 aromatic carbocycles. The molecule has 3 heterocycles. The van der Waals surface area contributed by atoms with Gasteiger partial charge in [-0.05, 0) is 18.2 Å². The molecule has 25 heavy (non-hydrogen) atoms. The second-order valence-corrected chi connectivity index (χ2v) is 5.37. The molecule has 132 valence electrons. The Balaban J connectivity index is 1.61. The zero-order valence-electron chi connectivity index (χ0n) is 13.2. The number of ether oxygens (including phenoxy) is 2. The minimum absolute atomic E-state index is 0.120. The second kappa shape index (κ2) is 6.58. The van der Waals surface area contributed by atoms with E-state index in [1.807, 2.05) is 0 Å². The average Bonchev–Trinajstić information content (AvgIpc) is 2.56. The van der Waals surface area contributed by atoms with Crippen LogP contribution >= 0.6 is 0 Å². The van der Waals surface area contributed by atoms with E-state index >= 15 is 0 Å². The second-order valence-electron chi connectivity index (χ2n) is 5.37. The lowest BCUT2D eigenvalue weighted by Gasteiger charge is -2.38. The van der Waals surface area contributed by atoms with Crippen LogP contribution in [-0.2, 0) is 6.18 Å². The molecular formula is C16H14F3N3O3. The largest absolute Gasteiger partial charge is 0.480 e. The molecule has 1 aliphatic heterocycles. The summed E-state index contributed by atoms with van der Waals surface area (Å²) in [5, 5.41) is 0. The zero-order chi connectivity index (χ0) is 18.0.